The molecule has 0 radical (unpaired) electrons. The molecule has 2 N–H and O–H groups in total. The third-order valence-corrected chi connectivity index (χ3v) is 8.73. The molecular weight excluding hydrogens is 422 g/mol. The molecule has 0 aromatic heterocycles. The first kappa shape index (κ1) is 21.5. The molecule has 0 saturated heterocycles. The number of nitrogens with zero attached hydrogens (tertiary/aromatic N) is 1. The number of hydrogen-bond donors (Lipinski definition) is 2. The summed E-state index contributed by atoms with van der Waals surface area (Å²) in [7, 11) is -1.80. The van der Waals surface area contributed by atoms with Crippen LogP contribution >= 0.6 is 0 Å². The van der Waals surface area contributed by atoms with Crippen LogP contribution in [0.3, 0.4) is 0 Å². The number of sulfonamides is 1. The average molecular weight is 454 g/mol. The summed E-state index contributed by atoms with van der Waals surface area (Å²) in [5.41, 5.74) is 6.61. The minimum Gasteiger partial charge on any atom is -0.307 e. The maximum atomic E-state index is 12.9. The number of nitrogens with one attached hydrogen (secondary N) is 2. The number of aryl methyl sites for hydroxylation is 2. The van der Waals surface area contributed by atoms with Crippen molar-refractivity contribution in [3.8, 4) is 0 Å². The minimum atomic E-state index is -3.77. The third-order valence-electron chi connectivity index (χ3n) is 7.32. The van der Waals surface area contributed by atoms with Crippen molar-refractivity contribution >= 4 is 21.7 Å². The van der Waals surface area contributed by atoms with Crippen molar-refractivity contribution in [2.75, 3.05) is 18.1 Å². The molecule has 170 valence electrons. The van der Waals surface area contributed by atoms with Gasteiger partial charge in [0.25, 0.3) is 0 Å². The summed E-state index contributed by atoms with van der Waals surface area (Å²) in [6, 6.07) is 11.7. The number of carbonyl (C=O) groups is 1. The summed E-state index contributed by atoms with van der Waals surface area (Å²) in [6.07, 6.45) is 7.76. The fourth-order valence-electron chi connectivity index (χ4n) is 5.44. The summed E-state index contributed by atoms with van der Waals surface area (Å²) in [5.74, 6) is -0.0677. The van der Waals surface area contributed by atoms with E-state index in [9.17, 15) is 13.2 Å². The molecule has 2 aromatic rings. The summed E-state index contributed by atoms with van der Waals surface area (Å²) in [4.78, 5) is 14.9. The first-order valence-electron chi connectivity index (χ1n) is 11.6. The normalized spacial score (nSPS) is 18.3. The molecule has 32 heavy (non-hydrogen) atoms. The topological polar surface area (TPSA) is 78.5 Å². The van der Waals surface area contributed by atoms with Crippen molar-refractivity contribution in [2.24, 2.45) is 0 Å². The van der Waals surface area contributed by atoms with Crippen LogP contribution in [0.15, 0.2) is 36.4 Å². The molecule has 3 aliphatic carbocycles. The van der Waals surface area contributed by atoms with Gasteiger partial charge in [-0.1, -0.05) is 36.4 Å². The molecule has 1 fully saturated rings. The number of urea groups is 1. The predicted molar refractivity (Wildman–Crippen MR) is 126 cm³/mol. The van der Waals surface area contributed by atoms with Crippen LogP contribution in [0.5, 0.6) is 0 Å². The van der Waals surface area contributed by atoms with Crippen molar-refractivity contribution in [1.82, 2.24) is 9.62 Å². The van der Waals surface area contributed by atoms with Crippen LogP contribution in [0.1, 0.15) is 53.5 Å². The Bertz CT molecular complexity index is 1110. The second kappa shape index (κ2) is 8.19. The Balaban J connectivity index is 1.26. The highest BCUT2D eigenvalue weighted by molar-refractivity contribution is 7.90. The Kier molecular flexibility index (Phi) is 5.50. The SMILES string of the molecule is CN(Cc1ccccc1)C1(CS(=O)(=O)NC(=O)Nc2c3c(cc4c2CCC4)CCC3)CC1. The van der Waals surface area contributed by atoms with Crippen LogP contribution in [0.25, 0.3) is 0 Å². The molecule has 2 amide bonds. The Labute approximate surface area is 190 Å². The van der Waals surface area contributed by atoms with Crippen LogP contribution in [0.4, 0.5) is 10.5 Å². The van der Waals surface area contributed by atoms with E-state index in [-0.39, 0.29) is 5.75 Å². The van der Waals surface area contributed by atoms with Gasteiger partial charge in [0.1, 0.15) is 0 Å². The zero-order chi connectivity index (χ0) is 22.3. The highest BCUT2D eigenvalue weighted by atomic mass is 32.2. The van der Waals surface area contributed by atoms with E-state index >= 15 is 0 Å². The molecule has 6 nitrogen and oxygen atoms in total. The van der Waals surface area contributed by atoms with E-state index in [4.69, 9.17) is 0 Å². The summed E-state index contributed by atoms with van der Waals surface area (Å²) in [5, 5.41) is 2.93. The smallest absolute Gasteiger partial charge is 0.307 e. The molecule has 3 aliphatic rings. The number of fused-ring (bicyclic) bond motifs is 2. The second-order valence-corrected chi connectivity index (χ2v) is 11.3. The van der Waals surface area contributed by atoms with Gasteiger partial charge in [-0.25, -0.2) is 17.9 Å². The van der Waals surface area contributed by atoms with Crippen molar-refractivity contribution in [3.63, 3.8) is 0 Å². The lowest BCUT2D eigenvalue weighted by Crippen LogP contribution is -2.45. The molecule has 0 bridgehead atoms. The first-order chi connectivity index (χ1) is 15.4. The predicted octanol–water partition coefficient (Wildman–Crippen LogP) is 3.78. The van der Waals surface area contributed by atoms with Gasteiger partial charge in [0.2, 0.25) is 10.0 Å². The maximum absolute atomic E-state index is 12.9. The number of anilines is 1. The van der Waals surface area contributed by atoms with Crippen LogP contribution in [-0.2, 0) is 42.3 Å². The number of benzene rings is 2. The second-order valence-electron chi connectivity index (χ2n) is 9.62. The molecule has 0 unspecified atom stereocenters. The van der Waals surface area contributed by atoms with Gasteiger partial charge in [0.15, 0.2) is 0 Å². The zero-order valence-electron chi connectivity index (χ0n) is 18.6. The van der Waals surface area contributed by atoms with Gasteiger partial charge < -0.3 is 5.32 Å². The lowest BCUT2D eigenvalue weighted by molar-refractivity contribution is 0.231. The van der Waals surface area contributed by atoms with E-state index in [2.05, 4.69) is 21.0 Å². The zero-order valence-corrected chi connectivity index (χ0v) is 19.4. The summed E-state index contributed by atoms with van der Waals surface area (Å²) in [6.45, 7) is 0.685. The minimum absolute atomic E-state index is 0.0677. The molecule has 2 aromatic carbocycles. The van der Waals surface area contributed by atoms with Crippen LogP contribution in [-0.4, -0.2) is 37.7 Å². The Morgan fingerprint density at radius 1 is 1.00 bits per heavy atom. The van der Waals surface area contributed by atoms with Gasteiger partial charge in [-0.3, -0.25) is 4.90 Å². The fraction of sp³-hybridized carbons (Fsp3) is 0.480. The number of hydrogen-bond acceptors (Lipinski definition) is 4. The first-order valence-corrected chi connectivity index (χ1v) is 13.2. The van der Waals surface area contributed by atoms with E-state index in [1.807, 2.05) is 37.4 Å². The average Bonchev–Trinajstić information content (AvgIpc) is 3.14. The van der Waals surface area contributed by atoms with Crippen LogP contribution in [0, 0.1) is 0 Å². The van der Waals surface area contributed by atoms with Crippen molar-refractivity contribution in [2.45, 2.75) is 63.5 Å². The van der Waals surface area contributed by atoms with Gasteiger partial charge in [0.05, 0.1) is 5.75 Å². The summed E-state index contributed by atoms with van der Waals surface area (Å²) < 4.78 is 28.1. The van der Waals surface area contributed by atoms with Gasteiger partial charge in [-0.15, -0.1) is 0 Å². The van der Waals surface area contributed by atoms with Gasteiger partial charge in [-0.2, -0.15) is 0 Å². The van der Waals surface area contributed by atoms with Crippen molar-refractivity contribution in [1.29, 1.82) is 0 Å². The van der Waals surface area contributed by atoms with Gasteiger partial charge in [-0.05, 0) is 86.2 Å². The lowest BCUT2D eigenvalue weighted by Gasteiger charge is -2.28. The van der Waals surface area contributed by atoms with Gasteiger partial charge >= 0.3 is 6.03 Å². The maximum Gasteiger partial charge on any atom is 0.332 e. The number of carbonyl (C=O) groups excluding carboxylic acids is 1. The van der Waals surface area contributed by atoms with Crippen LogP contribution < -0.4 is 10.0 Å². The molecule has 5 rings (SSSR count). The Morgan fingerprint density at radius 2 is 1.62 bits per heavy atom. The standard InChI is InChI=1S/C25H31N3O3S/c1-28(16-18-7-3-2-4-8-18)25(13-14-25)17-32(30,31)27-24(29)26-23-21-11-5-9-19(21)15-20-10-6-12-22(20)23/h2-4,7-8,15H,5-6,9-14,16-17H2,1H3,(H2,26,27,29). The third kappa shape index (κ3) is 4.28. The molecule has 0 heterocycles. The van der Waals surface area contributed by atoms with Crippen LogP contribution in [0.2, 0.25) is 0 Å². The Hall–Kier alpha value is -2.38. The van der Waals surface area contributed by atoms with E-state index in [0.29, 0.717) is 6.54 Å². The molecular formula is C25H31N3O3S. The number of amides is 2. The fourth-order valence-corrected chi connectivity index (χ4v) is 7.06. The highest BCUT2D eigenvalue weighted by Gasteiger charge is 2.49. The van der Waals surface area contributed by atoms with E-state index < -0.39 is 21.6 Å². The van der Waals surface area contributed by atoms with Crippen molar-refractivity contribution < 1.29 is 13.2 Å². The molecule has 1 saturated carbocycles. The molecule has 0 aliphatic heterocycles. The molecule has 0 spiro atoms. The summed E-state index contributed by atoms with van der Waals surface area (Å²) >= 11 is 0. The quantitative estimate of drug-likeness (QED) is 0.669. The highest BCUT2D eigenvalue weighted by Crippen LogP contribution is 2.43. The molecule has 0 atom stereocenters. The lowest BCUT2D eigenvalue weighted by atomic mass is 9.99. The molecule has 7 heteroatoms. The van der Waals surface area contributed by atoms with E-state index in [0.717, 1.165) is 62.6 Å². The monoisotopic (exact) mass is 453 g/mol. The number of rotatable bonds is 7. The van der Waals surface area contributed by atoms with Crippen molar-refractivity contribution in [3.05, 3.63) is 64.2 Å². The van der Waals surface area contributed by atoms with Gasteiger partial charge in [0, 0.05) is 17.8 Å². The largest absolute Gasteiger partial charge is 0.332 e. The van der Waals surface area contributed by atoms with E-state index in [1.54, 1.807) is 0 Å². The van der Waals surface area contributed by atoms with E-state index in [1.165, 1.54) is 22.3 Å². The Morgan fingerprint density at radius 3 is 2.22 bits per heavy atom.